The Morgan fingerprint density at radius 2 is 1.84 bits per heavy atom. The lowest BCUT2D eigenvalue weighted by Gasteiger charge is -2.38. The molecule has 2 aromatic heterocycles. The number of halogens is 1. The fraction of sp³-hybridized carbons (Fsp3) is 0.150. The minimum atomic E-state index is -0.0363. The van der Waals surface area contributed by atoms with Crippen molar-refractivity contribution in [1.29, 1.82) is 0 Å². The van der Waals surface area contributed by atoms with E-state index in [0.717, 1.165) is 38.5 Å². The first kappa shape index (κ1) is 15.0. The fourth-order valence-corrected chi connectivity index (χ4v) is 4.19. The van der Waals surface area contributed by atoms with Crippen molar-refractivity contribution in [2.24, 2.45) is 0 Å². The highest BCUT2D eigenvalue weighted by Gasteiger charge is 2.35. The molecule has 0 saturated carbocycles. The number of aromatic nitrogens is 2. The predicted octanol–water partition coefficient (Wildman–Crippen LogP) is 5.29. The molecule has 0 spiro atoms. The van der Waals surface area contributed by atoms with E-state index in [1.807, 2.05) is 12.1 Å². The highest BCUT2D eigenvalue weighted by molar-refractivity contribution is 14.1. The number of hydrogen-bond acceptors (Lipinski definition) is 3. The maximum Gasteiger partial charge on any atom is 0.167 e. The largest absolute Gasteiger partial charge is 0.451 e. The van der Waals surface area contributed by atoms with Gasteiger partial charge in [0.15, 0.2) is 9.93 Å². The van der Waals surface area contributed by atoms with Crippen LogP contribution in [0.25, 0.3) is 22.4 Å². The molecule has 0 radical (unpaired) electrons. The Balaban J connectivity index is 1.88. The molecule has 4 aromatic rings. The van der Waals surface area contributed by atoms with E-state index < -0.39 is 0 Å². The van der Waals surface area contributed by atoms with Crippen LogP contribution in [0.1, 0.15) is 18.8 Å². The molecule has 1 aliphatic rings. The zero-order valence-electron chi connectivity index (χ0n) is 13.7. The summed E-state index contributed by atoms with van der Waals surface area (Å²) in [6, 6.07) is 20.9. The van der Waals surface area contributed by atoms with E-state index in [-0.39, 0.29) is 6.17 Å². The molecule has 5 heteroatoms. The summed E-state index contributed by atoms with van der Waals surface area (Å²) >= 11 is 2.22. The molecule has 4 nitrogen and oxygen atoms in total. The summed E-state index contributed by atoms with van der Waals surface area (Å²) in [5, 5.41) is 0. The molecule has 0 amide bonds. The summed E-state index contributed by atoms with van der Waals surface area (Å²) in [7, 11) is 0. The van der Waals surface area contributed by atoms with E-state index in [0.29, 0.717) is 0 Å². The number of benzene rings is 2. The standard InChI is InChI=1S/C20H16IN3O/c1-2-23-15-9-5-3-7-13(15)19-22-14-8-4-6-10-16(14)24(19)20(23)17-11-12-18(21)25-17/h3-12,20H,2H2,1H3. The molecule has 1 unspecified atom stereocenters. The molecule has 1 aliphatic heterocycles. The van der Waals surface area contributed by atoms with Crippen LogP contribution in [0.5, 0.6) is 0 Å². The van der Waals surface area contributed by atoms with Gasteiger partial charge in [-0.2, -0.15) is 0 Å². The lowest BCUT2D eigenvalue weighted by molar-refractivity contribution is 0.406. The lowest BCUT2D eigenvalue weighted by Crippen LogP contribution is -2.36. The van der Waals surface area contributed by atoms with Crippen molar-refractivity contribution in [3.8, 4) is 11.4 Å². The third kappa shape index (κ3) is 2.15. The normalized spacial score (nSPS) is 16.1. The molecule has 124 valence electrons. The molecular formula is C20H16IN3O. The number of nitrogens with zero attached hydrogens (tertiary/aromatic N) is 3. The third-order valence-electron chi connectivity index (χ3n) is 4.78. The van der Waals surface area contributed by atoms with Gasteiger partial charge in [0.2, 0.25) is 0 Å². The van der Waals surface area contributed by atoms with Crippen molar-refractivity contribution >= 4 is 39.3 Å². The first-order valence-corrected chi connectivity index (χ1v) is 9.44. The zero-order valence-corrected chi connectivity index (χ0v) is 15.8. The van der Waals surface area contributed by atoms with E-state index >= 15 is 0 Å². The minimum absolute atomic E-state index is 0.0363. The molecule has 0 fully saturated rings. The van der Waals surface area contributed by atoms with Crippen molar-refractivity contribution in [2.45, 2.75) is 13.1 Å². The van der Waals surface area contributed by atoms with Crippen LogP contribution in [0.2, 0.25) is 0 Å². The lowest BCUT2D eigenvalue weighted by atomic mass is 10.1. The van der Waals surface area contributed by atoms with Crippen LogP contribution in [0, 0.1) is 3.77 Å². The second kappa shape index (κ2) is 5.62. The zero-order chi connectivity index (χ0) is 17.0. The monoisotopic (exact) mass is 441 g/mol. The number of para-hydroxylation sites is 3. The van der Waals surface area contributed by atoms with Crippen molar-refractivity contribution in [3.05, 3.63) is 70.2 Å². The SMILES string of the molecule is CCN1c2ccccc2-c2nc3ccccc3n2C1c1ccc(I)o1. The molecule has 5 rings (SSSR count). The topological polar surface area (TPSA) is 34.2 Å². The smallest absolute Gasteiger partial charge is 0.167 e. The molecular weight excluding hydrogens is 425 g/mol. The molecule has 0 saturated heterocycles. The van der Waals surface area contributed by atoms with E-state index in [2.05, 4.69) is 87.5 Å². The highest BCUT2D eigenvalue weighted by Crippen LogP contribution is 2.44. The van der Waals surface area contributed by atoms with E-state index in [9.17, 15) is 0 Å². The van der Waals surface area contributed by atoms with Crippen molar-refractivity contribution < 1.29 is 4.42 Å². The first-order valence-electron chi connectivity index (χ1n) is 8.36. The average Bonchev–Trinajstić information content (AvgIpc) is 3.24. The summed E-state index contributed by atoms with van der Waals surface area (Å²) in [5.41, 5.74) is 4.50. The number of fused-ring (bicyclic) bond motifs is 5. The Kier molecular flexibility index (Phi) is 3.38. The highest BCUT2D eigenvalue weighted by atomic mass is 127. The van der Waals surface area contributed by atoms with Crippen LogP contribution in [-0.4, -0.2) is 16.1 Å². The van der Waals surface area contributed by atoms with Crippen molar-refractivity contribution in [3.63, 3.8) is 0 Å². The van der Waals surface area contributed by atoms with E-state index in [1.54, 1.807) is 0 Å². The fourth-order valence-electron chi connectivity index (χ4n) is 3.76. The number of rotatable bonds is 2. The van der Waals surface area contributed by atoms with Gasteiger partial charge in [0.05, 0.1) is 11.0 Å². The van der Waals surface area contributed by atoms with E-state index in [1.165, 1.54) is 5.69 Å². The average molecular weight is 441 g/mol. The third-order valence-corrected chi connectivity index (χ3v) is 5.36. The van der Waals surface area contributed by atoms with Crippen LogP contribution in [0.15, 0.2) is 65.1 Å². The van der Waals surface area contributed by atoms with Gasteiger partial charge in [0.25, 0.3) is 0 Å². The van der Waals surface area contributed by atoms with Gasteiger partial charge >= 0.3 is 0 Å². The molecule has 0 bridgehead atoms. The van der Waals surface area contributed by atoms with Gasteiger partial charge in [-0.25, -0.2) is 4.98 Å². The maximum atomic E-state index is 6.04. The second-order valence-electron chi connectivity index (χ2n) is 6.11. The quantitative estimate of drug-likeness (QED) is 0.397. The molecule has 2 aromatic carbocycles. The number of anilines is 1. The summed E-state index contributed by atoms with van der Waals surface area (Å²) in [4.78, 5) is 7.32. The summed E-state index contributed by atoms with van der Waals surface area (Å²) in [6.45, 7) is 3.06. The molecule has 0 aliphatic carbocycles. The van der Waals surface area contributed by atoms with Crippen molar-refractivity contribution in [1.82, 2.24) is 9.55 Å². The number of furan rings is 1. The summed E-state index contributed by atoms with van der Waals surface area (Å²) < 4.78 is 9.24. The Labute approximate surface area is 159 Å². The van der Waals surface area contributed by atoms with E-state index in [4.69, 9.17) is 9.40 Å². The van der Waals surface area contributed by atoms with Crippen LogP contribution < -0.4 is 4.90 Å². The van der Waals surface area contributed by atoms with Crippen LogP contribution >= 0.6 is 22.6 Å². The summed E-state index contributed by atoms with van der Waals surface area (Å²) in [5.74, 6) is 1.93. The van der Waals surface area contributed by atoms with Gasteiger partial charge in [-0.3, -0.25) is 4.57 Å². The van der Waals surface area contributed by atoms with Gasteiger partial charge in [0.1, 0.15) is 11.6 Å². The number of hydrogen-bond donors (Lipinski definition) is 0. The first-order chi connectivity index (χ1) is 12.3. The molecule has 0 N–H and O–H groups in total. The maximum absolute atomic E-state index is 6.04. The van der Waals surface area contributed by atoms with Crippen molar-refractivity contribution in [2.75, 3.05) is 11.4 Å². The van der Waals surface area contributed by atoms with Gasteiger partial charge in [-0.1, -0.05) is 24.3 Å². The molecule has 3 heterocycles. The van der Waals surface area contributed by atoms with Gasteiger partial charge in [-0.15, -0.1) is 0 Å². The summed E-state index contributed by atoms with van der Waals surface area (Å²) in [6.07, 6.45) is -0.0363. The predicted molar refractivity (Wildman–Crippen MR) is 108 cm³/mol. The Morgan fingerprint density at radius 3 is 2.64 bits per heavy atom. The second-order valence-corrected chi connectivity index (χ2v) is 7.18. The Morgan fingerprint density at radius 1 is 1.04 bits per heavy atom. The Bertz CT molecular complexity index is 1080. The van der Waals surface area contributed by atoms with Crippen LogP contribution in [-0.2, 0) is 0 Å². The van der Waals surface area contributed by atoms with Gasteiger partial charge in [0, 0.05) is 17.8 Å². The van der Waals surface area contributed by atoms with Crippen LogP contribution in [0.4, 0.5) is 5.69 Å². The van der Waals surface area contributed by atoms with Gasteiger partial charge < -0.3 is 9.32 Å². The number of imidazole rings is 1. The Hall–Kier alpha value is -2.28. The molecule has 25 heavy (non-hydrogen) atoms. The molecule has 1 atom stereocenters. The minimum Gasteiger partial charge on any atom is -0.451 e. The van der Waals surface area contributed by atoms with Gasteiger partial charge in [-0.05, 0) is 65.9 Å². The van der Waals surface area contributed by atoms with Crippen LogP contribution in [0.3, 0.4) is 0 Å².